The van der Waals surface area contributed by atoms with Gasteiger partial charge in [-0.3, -0.25) is 0 Å². The fraction of sp³-hybridized carbons (Fsp3) is 0.190. The molecule has 1 radical (unpaired) electrons. The SMILES string of the molecule is Cc1cc(-c2[c-]cccc2)ncc1[Si](C)(C)C.Cc1cnc(-c2[c-]ccc3c2oc2cccc(-c4ccccc4)c23)cc1C(C)C.[Ir]. The van der Waals surface area contributed by atoms with E-state index in [9.17, 15) is 0 Å². The molecule has 0 spiro atoms. The van der Waals surface area contributed by atoms with Crippen molar-refractivity contribution in [2.24, 2.45) is 0 Å². The van der Waals surface area contributed by atoms with E-state index < -0.39 is 8.07 Å². The molecule has 0 amide bonds. The van der Waals surface area contributed by atoms with E-state index in [0.717, 1.165) is 44.5 Å². The maximum absolute atomic E-state index is 6.36. The molecular formula is C42H40IrN2OSi-2. The summed E-state index contributed by atoms with van der Waals surface area (Å²) in [4.78, 5) is 9.28. The van der Waals surface area contributed by atoms with Crippen LogP contribution in [0.5, 0.6) is 0 Å². The Kier molecular flexibility index (Phi) is 10.4. The molecule has 0 aliphatic heterocycles. The number of aryl methyl sites for hydroxylation is 2. The van der Waals surface area contributed by atoms with Crippen LogP contribution in [0.25, 0.3) is 55.6 Å². The van der Waals surface area contributed by atoms with Crippen molar-refractivity contribution in [1.82, 2.24) is 9.97 Å². The summed E-state index contributed by atoms with van der Waals surface area (Å²) in [5.74, 6) is 0.441. The van der Waals surface area contributed by atoms with Gasteiger partial charge in [-0.15, -0.1) is 54.1 Å². The van der Waals surface area contributed by atoms with Crippen molar-refractivity contribution in [3.63, 3.8) is 0 Å². The van der Waals surface area contributed by atoms with Crippen LogP contribution in [0.15, 0.2) is 114 Å². The van der Waals surface area contributed by atoms with Crippen LogP contribution < -0.4 is 5.19 Å². The van der Waals surface area contributed by atoms with Gasteiger partial charge in [0.2, 0.25) is 0 Å². The topological polar surface area (TPSA) is 38.9 Å². The van der Waals surface area contributed by atoms with Gasteiger partial charge in [0.25, 0.3) is 0 Å². The standard InChI is InChI=1S/C27H22NO.C15H18NSi.Ir/c1-17(2)23-15-24(28-16-18(23)3)21-12-7-13-22-26-20(19-9-5-4-6-10-19)11-8-14-25(26)29-27(21)22;1-12-10-14(13-8-6-5-7-9-13)16-11-15(12)17(2,3)4;/h4-11,13-17H,1-3H3;5-8,10-11H,1-4H3;/q2*-1;. The summed E-state index contributed by atoms with van der Waals surface area (Å²) in [6.45, 7) is 15.8. The van der Waals surface area contributed by atoms with E-state index in [1.54, 1.807) is 0 Å². The Morgan fingerprint density at radius 2 is 1.47 bits per heavy atom. The molecule has 3 aromatic heterocycles. The molecule has 3 heterocycles. The van der Waals surface area contributed by atoms with Gasteiger partial charge in [0.05, 0.1) is 13.7 Å². The minimum absolute atomic E-state index is 0. The van der Waals surface area contributed by atoms with E-state index >= 15 is 0 Å². The summed E-state index contributed by atoms with van der Waals surface area (Å²) in [6.07, 6.45) is 4.01. The molecule has 7 rings (SSSR count). The Labute approximate surface area is 293 Å². The van der Waals surface area contributed by atoms with Crippen molar-refractivity contribution in [3.05, 3.63) is 138 Å². The third-order valence-electron chi connectivity index (χ3n) is 8.47. The predicted molar refractivity (Wildman–Crippen MR) is 196 cm³/mol. The zero-order valence-corrected chi connectivity index (χ0v) is 31.5. The molecule has 0 aliphatic rings. The number of hydrogen-bond donors (Lipinski definition) is 0. The molecule has 3 nitrogen and oxygen atoms in total. The minimum Gasteiger partial charge on any atom is -0.501 e. The molecule has 0 saturated carbocycles. The number of aromatic nitrogens is 2. The van der Waals surface area contributed by atoms with Crippen molar-refractivity contribution in [2.75, 3.05) is 0 Å². The van der Waals surface area contributed by atoms with Gasteiger partial charge in [-0.1, -0.05) is 105 Å². The second kappa shape index (κ2) is 14.3. The van der Waals surface area contributed by atoms with Crippen molar-refractivity contribution < 1.29 is 24.5 Å². The van der Waals surface area contributed by atoms with E-state index in [1.165, 1.54) is 33.0 Å². The van der Waals surface area contributed by atoms with Crippen LogP contribution >= 0.6 is 0 Å². The van der Waals surface area contributed by atoms with Crippen LogP contribution in [-0.2, 0) is 20.1 Å². The number of pyridine rings is 2. The third kappa shape index (κ3) is 7.23. The monoisotopic (exact) mass is 809 g/mol. The summed E-state index contributed by atoms with van der Waals surface area (Å²) in [7, 11) is -1.27. The quantitative estimate of drug-likeness (QED) is 0.128. The summed E-state index contributed by atoms with van der Waals surface area (Å²) >= 11 is 0. The van der Waals surface area contributed by atoms with E-state index in [-0.39, 0.29) is 20.1 Å². The molecule has 239 valence electrons. The summed E-state index contributed by atoms with van der Waals surface area (Å²) in [6, 6.07) is 39.7. The van der Waals surface area contributed by atoms with E-state index in [0.29, 0.717) is 5.92 Å². The summed E-state index contributed by atoms with van der Waals surface area (Å²) in [5.41, 5.74) is 11.9. The van der Waals surface area contributed by atoms with Gasteiger partial charge < -0.3 is 14.4 Å². The minimum atomic E-state index is -1.27. The van der Waals surface area contributed by atoms with Gasteiger partial charge in [-0.25, -0.2) is 0 Å². The van der Waals surface area contributed by atoms with Crippen LogP contribution in [0.4, 0.5) is 0 Å². The van der Waals surface area contributed by atoms with Crippen LogP contribution in [0.3, 0.4) is 0 Å². The first-order valence-electron chi connectivity index (χ1n) is 15.9. The maximum atomic E-state index is 6.36. The molecule has 4 aromatic carbocycles. The van der Waals surface area contributed by atoms with Crippen molar-refractivity contribution >= 4 is 35.2 Å². The third-order valence-corrected chi connectivity index (χ3v) is 10.6. The van der Waals surface area contributed by atoms with E-state index in [4.69, 9.17) is 9.40 Å². The van der Waals surface area contributed by atoms with Crippen LogP contribution in [0.1, 0.15) is 36.5 Å². The molecule has 0 fully saturated rings. The Morgan fingerprint density at radius 1 is 0.723 bits per heavy atom. The van der Waals surface area contributed by atoms with Crippen molar-refractivity contribution in [2.45, 2.75) is 53.3 Å². The predicted octanol–water partition coefficient (Wildman–Crippen LogP) is 10.9. The molecule has 47 heavy (non-hydrogen) atoms. The first-order valence-corrected chi connectivity index (χ1v) is 19.4. The first-order chi connectivity index (χ1) is 22.1. The molecule has 0 saturated heterocycles. The van der Waals surface area contributed by atoms with Crippen molar-refractivity contribution in [1.29, 1.82) is 0 Å². The average Bonchev–Trinajstić information content (AvgIpc) is 3.45. The largest absolute Gasteiger partial charge is 0.501 e. The molecular weight excluding hydrogens is 769 g/mol. The zero-order valence-electron chi connectivity index (χ0n) is 28.1. The van der Waals surface area contributed by atoms with Gasteiger partial charge in [-0.05, 0) is 64.7 Å². The van der Waals surface area contributed by atoms with Gasteiger partial charge in [0, 0.05) is 37.9 Å². The summed E-state index contributed by atoms with van der Waals surface area (Å²) in [5, 5.41) is 3.68. The normalized spacial score (nSPS) is 11.3. The van der Waals surface area contributed by atoms with Gasteiger partial charge in [0.15, 0.2) is 0 Å². The van der Waals surface area contributed by atoms with E-state index in [2.05, 4.69) is 131 Å². The Morgan fingerprint density at radius 3 is 2.15 bits per heavy atom. The fourth-order valence-corrected chi connectivity index (χ4v) is 7.89. The number of furan rings is 1. The maximum Gasteiger partial charge on any atom is 0.121 e. The number of fused-ring (bicyclic) bond motifs is 3. The zero-order chi connectivity index (χ0) is 32.4. The first kappa shape index (κ1) is 34.2. The Balaban J connectivity index is 0.000000207. The van der Waals surface area contributed by atoms with E-state index in [1.807, 2.05) is 42.6 Å². The van der Waals surface area contributed by atoms with Gasteiger partial charge in [-0.2, -0.15) is 0 Å². The van der Waals surface area contributed by atoms with Crippen LogP contribution in [-0.4, -0.2) is 18.0 Å². The van der Waals surface area contributed by atoms with Crippen molar-refractivity contribution in [3.8, 4) is 33.6 Å². The number of nitrogens with zero attached hydrogens (tertiary/aromatic N) is 2. The molecule has 0 aliphatic carbocycles. The second-order valence-corrected chi connectivity index (χ2v) is 18.3. The van der Waals surface area contributed by atoms with Gasteiger partial charge >= 0.3 is 0 Å². The number of hydrogen-bond acceptors (Lipinski definition) is 3. The average molecular weight is 809 g/mol. The Bertz CT molecular complexity index is 2130. The number of rotatable bonds is 5. The van der Waals surface area contributed by atoms with Crippen LogP contribution in [0, 0.1) is 26.0 Å². The smallest absolute Gasteiger partial charge is 0.121 e. The molecule has 0 bridgehead atoms. The summed E-state index contributed by atoms with van der Waals surface area (Å²) < 4.78 is 6.36. The molecule has 7 aromatic rings. The second-order valence-electron chi connectivity index (χ2n) is 13.2. The molecule has 0 atom stereocenters. The fourth-order valence-electron chi connectivity index (χ4n) is 6.18. The molecule has 5 heteroatoms. The van der Waals surface area contributed by atoms with Crippen LogP contribution in [0.2, 0.25) is 19.6 Å². The Hall–Kier alpha value is -4.15. The molecule has 0 N–H and O–H groups in total. The van der Waals surface area contributed by atoms with Gasteiger partial charge in [0.1, 0.15) is 5.58 Å². The number of benzene rings is 4. The molecule has 0 unspecified atom stereocenters.